The Morgan fingerprint density at radius 2 is 1.93 bits per heavy atom. The molecule has 1 aliphatic rings. The molecule has 3 atom stereocenters. The molecule has 7 nitrogen and oxygen atoms in total. The molecule has 4 rings (SSSR count). The van der Waals surface area contributed by atoms with E-state index in [0.29, 0.717) is 32.0 Å². The molecule has 41 heavy (non-hydrogen) atoms. The number of aryl methyl sites for hydroxylation is 2. The van der Waals surface area contributed by atoms with Gasteiger partial charge in [0, 0.05) is 68.5 Å². The van der Waals surface area contributed by atoms with E-state index in [1.54, 1.807) is 16.8 Å². The van der Waals surface area contributed by atoms with Crippen LogP contribution in [0.1, 0.15) is 67.4 Å². The van der Waals surface area contributed by atoms with Gasteiger partial charge >= 0.3 is 5.97 Å². The number of carbonyl (C=O) groups excluding carboxylic acids is 1. The molecule has 0 aliphatic carbocycles. The molecule has 2 aromatic heterocycles. The number of aromatic nitrogens is 2. The number of methoxy groups -OCH3 is 1. The smallest absolute Gasteiger partial charge is 0.307 e. The summed E-state index contributed by atoms with van der Waals surface area (Å²) in [5, 5.41) is 3.58. The molecule has 0 unspecified atom stereocenters. The quantitative estimate of drug-likeness (QED) is 0.292. The lowest BCUT2D eigenvalue weighted by atomic mass is 9.94. The molecule has 220 valence electrons. The number of carbonyl (C=O) groups is 1. The Kier molecular flexibility index (Phi) is 10.5. The van der Waals surface area contributed by atoms with E-state index in [4.69, 9.17) is 4.74 Å². The number of benzene rings is 1. The van der Waals surface area contributed by atoms with Crippen molar-refractivity contribution in [3.8, 4) is 11.1 Å². The standard InChI is InChI=1S/C33H43FN4O3/c1-22(2)13-29(38-20-25(9-10-31(38)39)19-37-12-11-28(34)21-37)18-36-30(15-32(40)41-5)26-14-27(17-35-16-26)33-23(3)7-6-8-24(33)4/h6-10,14,16-17,20,22,28-30,36H,11-13,15,18-19,21H2,1-5H3/t28-,29+,30+/m1/s1. The van der Waals surface area contributed by atoms with Gasteiger partial charge in [-0.3, -0.25) is 19.5 Å². The highest BCUT2D eigenvalue weighted by Crippen LogP contribution is 2.30. The fourth-order valence-electron chi connectivity index (χ4n) is 5.85. The van der Waals surface area contributed by atoms with Gasteiger partial charge in [0.25, 0.3) is 5.56 Å². The van der Waals surface area contributed by atoms with E-state index in [0.717, 1.165) is 46.3 Å². The number of pyridine rings is 2. The molecule has 0 bridgehead atoms. The maximum absolute atomic E-state index is 13.7. The van der Waals surface area contributed by atoms with E-state index < -0.39 is 6.17 Å². The Morgan fingerprint density at radius 1 is 1.17 bits per heavy atom. The third-order valence-corrected chi connectivity index (χ3v) is 7.89. The first-order valence-electron chi connectivity index (χ1n) is 14.5. The summed E-state index contributed by atoms with van der Waals surface area (Å²) in [5.41, 5.74) is 6.25. The van der Waals surface area contributed by atoms with Crippen LogP contribution in [0.4, 0.5) is 4.39 Å². The lowest BCUT2D eigenvalue weighted by molar-refractivity contribution is -0.141. The fraction of sp³-hybridized carbons (Fsp3) is 0.485. The number of ether oxygens (including phenoxy) is 1. The van der Waals surface area contributed by atoms with Gasteiger partial charge in [0.1, 0.15) is 6.17 Å². The molecule has 1 aromatic carbocycles. The molecule has 1 fully saturated rings. The van der Waals surface area contributed by atoms with Gasteiger partial charge in [-0.25, -0.2) is 4.39 Å². The average Bonchev–Trinajstić information content (AvgIpc) is 3.35. The van der Waals surface area contributed by atoms with Gasteiger partial charge in [-0.2, -0.15) is 0 Å². The second-order valence-corrected chi connectivity index (χ2v) is 11.7. The average molecular weight is 563 g/mol. The number of alkyl halides is 1. The van der Waals surface area contributed by atoms with Crippen molar-refractivity contribution in [1.29, 1.82) is 0 Å². The van der Waals surface area contributed by atoms with Gasteiger partial charge in [0.05, 0.1) is 13.5 Å². The van der Waals surface area contributed by atoms with Crippen LogP contribution in [0.2, 0.25) is 0 Å². The Bertz CT molecular complexity index is 1370. The highest BCUT2D eigenvalue weighted by atomic mass is 19.1. The maximum Gasteiger partial charge on any atom is 0.307 e. The molecule has 0 spiro atoms. The second-order valence-electron chi connectivity index (χ2n) is 11.7. The third kappa shape index (κ3) is 8.11. The van der Waals surface area contributed by atoms with Crippen molar-refractivity contribution >= 4 is 5.97 Å². The van der Waals surface area contributed by atoms with Gasteiger partial charge < -0.3 is 14.6 Å². The summed E-state index contributed by atoms with van der Waals surface area (Å²) >= 11 is 0. The van der Waals surface area contributed by atoms with Crippen LogP contribution in [0.5, 0.6) is 0 Å². The predicted octanol–water partition coefficient (Wildman–Crippen LogP) is 5.55. The molecule has 3 aromatic rings. The van der Waals surface area contributed by atoms with E-state index in [1.807, 2.05) is 24.5 Å². The number of likely N-dealkylation sites (tertiary alicyclic amines) is 1. The number of esters is 1. The topological polar surface area (TPSA) is 76.5 Å². The predicted molar refractivity (Wildman–Crippen MR) is 161 cm³/mol. The molecule has 1 aliphatic heterocycles. The van der Waals surface area contributed by atoms with Crippen molar-refractivity contribution in [1.82, 2.24) is 19.8 Å². The fourth-order valence-corrected chi connectivity index (χ4v) is 5.85. The lowest BCUT2D eigenvalue weighted by Crippen LogP contribution is -2.35. The molecule has 3 heterocycles. The third-order valence-electron chi connectivity index (χ3n) is 7.89. The minimum Gasteiger partial charge on any atom is -0.469 e. The first-order chi connectivity index (χ1) is 19.6. The van der Waals surface area contributed by atoms with Crippen molar-refractivity contribution in [3.63, 3.8) is 0 Å². The Balaban J connectivity index is 1.60. The monoisotopic (exact) mass is 562 g/mol. The van der Waals surface area contributed by atoms with E-state index in [2.05, 4.69) is 61.1 Å². The van der Waals surface area contributed by atoms with Crippen molar-refractivity contribution in [2.45, 2.75) is 71.8 Å². The van der Waals surface area contributed by atoms with Crippen molar-refractivity contribution in [2.24, 2.45) is 5.92 Å². The van der Waals surface area contributed by atoms with Crippen molar-refractivity contribution in [2.75, 3.05) is 26.7 Å². The first-order valence-corrected chi connectivity index (χ1v) is 14.5. The van der Waals surface area contributed by atoms with E-state index in [-0.39, 0.29) is 30.0 Å². The summed E-state index contributed by atoms with van der Waals surface area (Å²) in [6.45, 7) is 10.7. The van der Waals surface area contributed by atoms with Crippen LogP contribution in [0.3, 0.4) is 0 Å². The highest BCUT2D eigenvalue weighted by molar-refractivity contribution is 5.72. The van der Waals surface area contributed by atoms with Gasteiger partial charge in [-0.05, 0) is 66.5 Å². The Morgan fingerprint density at radius 3 is 2.59 bits per heavy atom. The maximum atomic E-state index is 13.7. The van der Waals surface area contributed by atoms with Gasteiger partial charge in [0.15, 0.2) is 0 Å². The van der Waals surface area contributed by atoms with Crippen LogP contribution in [0, 0.1) is 19.8 Å². The number of nitrogens with zero attached hydrogens (tertiary/aromatic N) is 3. The number of rotatable bonds is 12. The van der Waals surface area contributed by atoms with Crippen LogP contribution in [0.15, 0.2) is 59.8 Å². The lowest BCUT2D eigenvalue weighted by Gasteiger charge is -2.27. The van der Waals surface area contributed by atoms with Crippen molar-refractivity contribution < 1.29 is 13.9 Å². The van der Waals surface area contributed by atoms with Gasteiger partial charge in [-0.1, -0.05) is 38.1 Å². The number of halogens is 1. The largest absolute Gasteiger partial charge is 0.469 e. The minimum atomic E-state index is -0.784. The van der Waals surface area contributed by atoms with Crippen LogP contribution < -0.4 is 10.9 Å². The van der Waals surface area contributed by atoms with Gasteiger partial charge in [0.2, 0.25) is 0 Å². The molecule has 8 heteroatoms. The summed E-state index contributed by atoms with van der Waals surface area (Å²) in [4.78, 5) is 32.2. The van der Waals surface area contributed by atoms with E-state index in [1.165, 1.54) is 7.11 Å². The van der Waals surface area contributed by atoms with Gasteiger partial charge in [-0.15, -0.1) is 0 Å². The SMILES string of the molecule is COC(=O)C[C@H](NC[C@H](CC(C)C)n1cc(CN2CC[C@@H](F)C2)ccc1=O)c1cncc(-c2c(C)cccc2C)c1. The first kappa shape index (κ1) is 30.6. The minimum absolute atomic E-state index is 0.0748. The molecule has 1 N–H and O–H groups in total. The highest BCUT2D eigenvalue weighted by Gasteiger charge is 2.24. The Hall–Kier alpha value is -3.36. The van der Waals surface area contributed by atoms with Crippen molar-refractivity contribution in [3.05, 3.63) is 87.6 Å². The van der Waals surface area contributed by atoms with Crippen LogP contribution in [0.25, 0.3) is 11.1 Å². The Labute approximate surface area is 242 Å². The summed E-state index contributed by atoms with van der Waals surface area (Å²) in [5.74, 6) is 0.0210. The molecule has 0 saturated carbocycles. The zero-order valence-corrected chi connectivity index (χ0v) is 24.9. The zero-order chi connectivity index (χ0) is 29.5. The van der Waals surface area contributed by atoms with Crippen LogP contribution >= 0.6 is 0 Å². The molecular formula is C33H43FN4O3. The molecule has 0 radical (unpaired) electrons. The number of hydrogen-bond acceptors (Lipinski definition) is 6. The number of nitrogens with one attached hydrogen (secondary N) is 1. The summed E-state index contributed by atoms with van der Waals surface area (Å²) in [7, 11) is 1.39. The van der Waals surface area contributed by atoms with Crippen LogP contribution in [-0.4, -0.2) is 53.3 Å². The summed E-state index contributed by atoms with van der Waals surface area (Å²) in [6.07, 6.45) is 6.24. The molecule has 1 saturated heterocycles. The molecular weight excluding hydrogens is 519 g/mol. The van der Waals surface area contributed by atoms with E-state index >= 15 is 0 Å². The second kappa shape index (κ2) is 14.0. The summed E-state index contributed by atoms with van der Waals surface area (Å²) < 4.78 is 20.6. The van der Waals surface area contributed by atoms with E-state index in [9.17, 15) is 14.0 Å². The molecule has 0 amide bonds. The number of hydrogen-bond donors (Lipinski definition) is 1. The normalized spacial score (nSPS) is 17.1. The zero-order valence-electron chi connectivity index (χ0n) is 24.9. The van der Waals surface area contributed by atoms with Crippen LogP contribution in [-0.2, 0) is 16.1 Å². The summed E-state index contributed by atoms with van der Waals surface area (Å²) in [6, 6.07) is 11.3.